The Hall–Kier alpha value is -1.75. The van der Waals surface area contributed by atoms with Gasteiger partial charge in [0.25, 0.3) is 0 Å². The Labute approximate surface area is 139 Å². The third kappa shape index (κ3) is 4.61. The number of hydrogen-bond donors (Lipinski definition) is 2. The van der Waals surface area contributed by atoms with Crippen LogP contribution in [0.5, 0.6) is 0 Å². The van der Waals surface area contributed by atoms with E-state index in [1.807, 2.05) is 0 Å². The molecule has 1 saturated carbocycles. The molecule has 0 amide bonds. The molecule has 2 unspecified atom stereocenters. The molecule has 0 aromatic heterocycles. The van der Waals surface area contributed by atoms with Crippen LogP contribution in [0.1, 0.15) is 25.8 Å². The Balaban J connectivity index is 1.56. The second kappa shape index (κ2) is 7.68. The number of nitrogens with one attached hydrogen (secondary N) is 2. The first-order valence-electron chi connectivity index (χ1n) is 8.72. The summed E-state index contributed by atoms with van der Waals surface area (Å²) < 4.78 is 5.40. The van der Waals surface area contributed by atoms with Gasteiger partial charge in [0, 0.05) is 31.4 Å². The van der Waals surface area contributed by atoms with Gasteiger partial charge < -0.3 is 20.3 Å². The van der Waals surface area contributed by atoms with Crippen molar-refractivity contribution in [3.63, 3.8) is 0 Å². The molecule has 126 valence electrons. The van der Waals surface area contributed by atoms with Crippen LogP contribution in [0.3, 0.4) is 0 Å². The number of nitrogens with zero attached hydrogens (tertiary/aromatic N) is 2. The van der Waals surface area contributed by atoms with Gasteiger partial charge in [-0.2, -0.15) is 0 Å². The highest BCUT2D eigenvalue weighted by atomic mass is 16.5. The summed E-state index contributed by atoms with van der Waals surface area (Å²) >= 11 is 0. The maximum absolute atomic E-state index is 5.40. The van der Waals surface area contributed by atoms with Crippen LogP contribution >= 0.6 is 0 Å². The summed E-state index contributed by atoms with van der Waals surface area (Å²) in [7, 11) is 0. The molecule has 5 nitrogen and oxygen atoms in total. The molecular formula is C18H28N4O. The molecule has 1 aliphatic carbocycles. The number of benzene rings is 1. The van der Waals surface area contributed by atoms with Gasteiger partial charge in [0.15, 0.2) is 5.96 Å². The van der Waals surface area contributed by atoms with E-state index in [0.29, 0.717) is 12.6 Å². The normalized spacial score (nSPS) is 24.4. The predicted octanol–water partition coefficient (Wildman–Crippen LogP) is 1.99. The first kappa shape index (κ1) is 16.1. The minimum atomic E-state index is 0.594. The number of morpholine rings is 1. The summed E-state index contributed by atoms with van der Waals surface area (Å²) in [5.74, 6) is 1.70. The number of guanidine groups is 1. The summed E-state index contributed by atoms with van der Waals surface area (Å²) in [5.41, 5.74) is 2.51. The minimum Gasteiger partial charge on any atom is -0.378 e. The lowest BCUT2D eigenvalue weighted by Crippen LogP contribution is -2.39. The maximum atomic E-state index is 5.40. The standard InChI is InChI=1S/C18H28N4O/c1-3-19-18(21-17-12-14(17)2)20-13-15-4-6-16(7-5-15)22-8-10-23-11-9-22/h4-7,14,17H,3,8-13H2,1-2H3,(H2,19,20,21). The largest absolute Gasteiger partial charge is 0.378 e. The number of aliphatic imine (C=N–C) groups is 1. The van der Waals surface area contributed by atoms with Gasteiger partial charge in [-0.1, -0.05) is 19.1 Å². The zero-order valence-electron chi connectivity index (χ0n) is 14.2. The molecule has 2 fully saturated rings. The van der Waals surface area contributed by atoms with Crippen LogP contribution < -0.4 is 15.5 Å². The van der Waals surface area contributed by atoms with Crippen LogP contribution in [0.2, 0.25) is 0 Å². The van der Waals surface area contributed by atoms with Gasteiger partial charge in [0.2, 0.25) is 0 Å². The highest BCUT2D eigenvalue weighted by Gasteiger charge is 2.33. The highest BCUT2D eigenvalue weighted by molar-refractivity contribution is 5.80. The third-order valence-electron chi connectivity index (χ3n) is 4.51. The van der Waals surface area contributed by atoms with Gasteiger partial charge >= 0.3 is 0 Å². The topological polar surface area (TPSA) is 48.9 Å². The second-order valence-corrected chi connectivity index (χ2v) is 6.42. The fourth-order valence-electron chi connectivity index (χ4n) is 2.82. The van der Waals surface area contributed by atoms with Crippen LogP contribution in [-0.4, -0.2) is 44.8 Å². The van der Waals surface area contributed by atoms with Gasteiger partial charge in [0.05, 0.1) is 19.8 Å². The first-order valence-corrected chi connectivity index (χ1v) is 8.72. The van der Waals surface area contributed by atoms with E-state index in [1.165, 1.54) is 17.7 Å². The first-order chi connectivity index (χ1) is 11.3. The molecule has 2 atom stereocenters. The zero-order chi connectivity index (χ0) is 16.1. The van der Waals surface area contributed by atoms with Crippen LogP contribution in [0.4, 0.5) is 5.69 Å². The van der Waals surface area contributed by atoms with E-state index in [0.717, 1.165) is 44.7 Å². The van der Waals surface area contributed by atoms with Crippen LogP contribution in [0.15, 0.2) is 29.3 Å². The molecule has 0 radical (unpaired) electrons. The molecule has 1 aliphatic heterocycles. The summed E-state index contributed by atoms with van der Waals surface area (Å²) in [6.45, 7) is 9.57. The number of rotatable bonds is 5. The fourth-order valence-corrected chi connectivity index (χ4v) is 2.82. The molecule has 2 aliphatic rings. The Bertz CT molecular complexity index is 522. The lowest BCUT2D eigenvalue weighted by Gasteiger charge is -2.28. The van der Waals surface area contributed by atoms with Gasteiger partial charge in [-0.05, 0) is 37.0 Å². The maximum Gasteiger partial charge on any atom is 0.191 e. The van der Waals surface area contributed by atoms with Gasteiger partial charge in [-0.3, -0.25) is 0 Å². The van der Waals surface area contributed by atoms with Gasteiger partial charge in [-0.15, -0.1) is 0 Å². The molecule has 3 rings (SSSR count). The summed E-state index contributed by atoms with van der Waals surface area (Å²) in [6, 6.07) is 9.34. The molecule has 2 N–H and O–H groups in total. The van der Waals surface area contributed by atoms with Crippen molar-refractivity contribution in [2.45, 2.75) is 32.9 Å². The molecule has 1 aromatic rings. The van der Waals surface area contributed by atoms with E-state index >= 15 is 0 Å². The predicted molar refractivity (Wildman–Crippen MR) is 95.0 cm³/mol. The Morgan fingerprint density at radius 1 is 1.26 bits per heavy atom. The monoisotopic (exact) mass is 316 g/mol. The number of anilines is 1. The van der Waals surface area contributed by atoms with E-state index in [1.54, 1.807) is 0 Å². The van der Waals surface area contributed by atoms with Crippen LogP contribution in [0.25, 0.3) is 0 Å². The molecule has 1 saturated heterocycles. The second-order valence-electron chi connectivity index (χ2n) is 6.42. The third-order valence-corrected chi connectivity index (χ3v) is 4.51. The van der Waals surface area contributed by atoms with E-state index in [4.69, 9.17) is 9.73 Å². The summed E-state index contributed by atoms with van der Waals surface area (Å²) in [5, 5.41) is 6.82. The number of hydrogen-bond acceptors (Lipinski definition) is 3. The van der Waals surface area contributed by atoms with E-state index < -0.39 is 0 Å². The molecule has 1 heterocycles. The molecule has 0 bridgehead atoms. The number of ether oxygens (including phenoxy) is 1. The summed E-state index contributed by atoms with van der Waals surface area (Å²) in [4.78, 5) is 7.07. The molecule has 0 spiro atoms. The lowest BCUT2D eigenvalue weighted by molar-refractivity contribution is 0.122. The molecular weight excluding hydrogens is 288 g/mol. The van der Waals surface area contributed by atoms with Crippen molar-refractivity contribution in [1.82, 2.24) is 10.6 Å². The minimum absolute atomic E-state index is 0.594. The van der Waals surface area contributed by atoms with Crippen molar-refractivity contribution in [1.29, 1.82) is 0 Å². The SMILES string of the molecule is CCNC(=NCc1ccc(N2CCOCC2)cc1)NC1CC1C. The molecule has 23 heavy (non-hydrogen) atoms. The average Bonchev–Trinajstić information content (AvgIpc) is 3.29. The van der Waals surface area contributed by atoms with E-state index in [-0.39, 0.29) is 0 Å². The van der Waals surface area contributed by atoms with Crippen molar-refractivity contribution < 1.29 is 4.74 Å². The van der Waals surface area contributed by atoms with Gasteiger partial charge in [0.1, 0.15) is 0 Å². The van der Waals surface area contributed by atoms with E-state index in [2.05, 4.69) is 53.6 Å². The van der Waals surface area contributed by atoms with E-state index in [9.17, 15) is 0 Å². The van der Waals surface area contributed by atoms with Crippen molar-refractivity contribution in [2.75, 3.05) is 37.7 Å². The Morgan fingerprint density at radius 2 is 1.96 bits per heavy atom. The van der Waals surface area contributed by atoms with Gasteiger partial charge in [-0.25, -0.2) is 4.99 Å². The average molecular weight is 316 g/mol. The zero-order valence-corrected chi connectivity index (χ0v) is 14.2. The highest BCUT2D eigenvalue weighted by Crippen LogP contribution is 2.28. The van der Waals surface area contributed by atoms with Crippen molar-refractivity contribution >= 4 is 11.6 Å². The Kier molecular flexibility index (Phi) is 5.39. The van der Waals surface area contributed by atoms with Crippen LogP contribution in [-0.2, 0) is 11.3 Å². The molecule has 5 heteroatoms. The smallest absolute Gasteiger partial charge is 0.191 e. The quantitative estimate of drug-likeness (QED) is 0.644. The van der Waals surface area contributed by atoms with Crippen molar-refractivity contribution in [3.8, 4) is 0 Å². The van der Waals surface area contributed by atoms with Crippen LogP contribution in [0, 0.1) is 5.92 Å². The fraction of sp³-hybridized carbons (Fsp3) is 0.611. The Morgan fingerprint density at radius 3 is 2.57 bits per heavy atom. The summed E-state index contributed by atoms with van der Waals surface area (Å²) in [6.07, 6.45) is 1.25. The van der Waals surface area contributed by atoms with Crippen molar-refractivity contribution in [2.24, 2.45) is 10.9 Å². The molecule has 1 aromatic carbocycles. The van der Waals surface area contributed by atoms with Crippen molar-refractivity contribution in [3.05, 3.63) is 29.8 Å². The lowest BCUT2D eigenvalue weighted by atomic mass is 10.2.